The molecule has 1 heteroatoms. The molecule has 1 fully saturated rings. The molecule has 1 aromatic rings. The predicted molar refractivity (Wildman–Crippen MR) is 69.4 cm³/mol. The number of benzene rings is 1. The van der Waals surface area contributed by atoms with Crippen LogP contribution < -0.4 is 5.73 Å². The van der Waals surface area contributed by atoms with E-state index in [1.807, 2.05) is 0 Å². The van der Waals surface area contributed by atoms with Crippen molar-refractivity contribution in [2.24, 2.45) is 17.6 Å². The molecular formula is C15H23N. The van der Waals surface area contributed by atoms with Gasteiger partial charge in [-0.15, -0.1) is 0 Å². The summed E-state index contributed by atoms with van der Waals surface area (Å²) in [5.41, 5.74) is 9.17. The molecule has 16 heavy (non-hydrogen) atoms. The van der Waals surface area contributed by atoms with Gasteiger partial charge < -0.3 is 5.73 Å². The van der Waals surface area contributed by atoms with Crippen LogP contribution in [-0.4, -0.2) is 6.04 Å². The topological polar surface area (TPSA) is 26.0 Å². The van der Waals surface area contributed by atoms with Crippen molar-refractivity contribution < 1.29 is 0 Å². The van der Waals surface area contributed by atoms with Crippen molar-refractivity contribution in [2.75, 3.05) is 0 Å². The van der Waals surface area contributed by atoms with Crippen LogP contribution in [0.2, 0.25) is 0 Å². The second-order valence-corrected chi connectivity index (χ2v) is 5.37. The molecule has 1 saturated carbocycles. The van der Waals surface area contributed by atoms with Gasteiger partial charge in [0, 0.05) is 6.04 Å². The second kappa shape index (κ2) is 5.01. The van der Waals surface area contributed by atoms with Crippen LogP contribution in [0.25, 0.3) is 0 Å². The number of aryl methyl sites for hydroxylation is 1. The van der Waals surface area contributed by atoms with E-state index in [9.17, 15) is 0 Å². The molecule has 1 aromatic carbocycles. The van der Waals surface area contributed by atoms with Gasteiger partial charge >= 0.3 is 0 Å². The first kappa shape index (κ1) is 11.7. The molecular weight excluding hydrogens is 194 g/mol. The molecule has 0 aromatic heterocycles. The Morgan fingerprint density at radius 2 is 2.06 bits per heavy atom. The first-order valence-electron chi connectivity index (χ1n) is 6.48. The zero-order chi connectivity index (χ0) is 11.5. The van der Waals surface area contributed by atoms with Gasteiger partial charge in [0.1, 0.15) is 0 Å². The first-order valence-corrected chi connectivity index (χ1v) is 6.48. The standard InChI is InChI=1S/C15H23N/c1-11-6-3-4-8-13(11)10-15(16)14-9-5-7-12(14)2/h3-4,6,8,12,14-15H,5,7,9-10,16H2,1-2H3. The van der Waals surface area contributed by atoms with E-state index in [-0.39, 0.29) is 0 Å². The number of nitrogens with two attached hydrogens (primary N) is 1. The summed E-state index contributed by atoms with van der Waals surface area (Å²) in [7, 11) is 0. The minimum atomic E-state index is 0.346. The Morgan fingerprint density at radius 1 is 1.31 bits per heavy atom. The molecule has 3 atom stereocenters. The summed E-state index contributed by atoms with van der Waals surface area (Å²) in [6.45, 7) is 4.54. The molecule has 3 unspecified atom stereocenters. The Hall–Kier alpha value is -0.820. The Bertz CT molecular complexity index is 345. The number of hydrogen-bond acceptors (Lipinski definition) is 1. The van der Waals surface area contributed by atoms with Gasteiger partial charge in [-0.05, 0) is 42.7 Å². The zero-order valence-corrected chi connectivity index (χ0v) is 10.4. The van der Waals surface area contributed by atoms with E-state index in [0.29, 0.717) is 6.04 Å². The highest BCUT2D eigenvalue weighted by Crippen LogP contribution is 2.34. The Kier molecular flexibility index (Phi) is 3.65. The molecule has 1 nitrogen and oxygen atoms in total. The summed E-state index contributed by atoms with van der Waals surface area (Å²) in [6, 6.07) is 8.96. The highest BCUT2D eigenvalue weighted by atomic mass is 14.7. The third-order valence-corrected chi connectivity index (χ3v) is 4.19. The summed E-state index contributed by atoms with van der Waals surface area (Å²) in [6.07, 6.45) is 5.11. The molecule has 0 heterocycles. The molecule has 0 amide bonds. The summed E-state index contributed by atoms with van der Waals surface area (Å²) in [4.78, 5) is 0. The van der Waals surface area contributed by atoms with E-state index in [4.69, 9.17) is 5.73 Å². The Morgan fingerprint density at radius 3 is 2.69 bits per heavy atom. The van der Waals surface area contributed by atoms with Crippen molar-refractivity contribution in [3.63, 3.8) is 0 Å². The third kappa shape index (κ3) is 2.46. The molecule has 2 N–H and O–H groups in total. The fraction of sp³-hybridized carbons (Fsp3) is 0.600. The van der Waals surface area contributed by atoms with Crippen molar-refractivity contribution in [1.82, 2.24) is 0 Å². The van der Waals surface area contributed by atoms with Gasteiger partial charge in [-0.25, -0.2) is 0 Å². The minimum absolute atomic E-state index is 0.346. The summed E-state index contributed by atoms with van der Waals surface area (Å²) in [5.74, 6) is 1.55. The monoisotopic (exact) mass is 217 g/mol. The maximum Gasteiger partial charge on any atom is 0.0110 e. The van der Waals surface area contributed by atoms with Gasteiger partial charge in [-0.1, -0.05) is 44.0 Å². The van der Waals surface area contributed by atoms with E-state index in [0.717, 1.165) is 18.3 Å². The maximum atomic E-state index is 6.37. The van der Waals surface area contributed by atoms with Crippen LogP contribution in [0.5, 0.6) is 0 Å². The second-order valence-electron chi connectivity index (χ2n) is 5.37. The lowest BCUT2D eigenvalue weighted by molar-refractivity contribution is 0.343. The number of hydrogen-bond donors (Lipinski definition) is 1. The van der Waals surface area contributed by atoms with Gasteiger partial charge in [0.05, 0.1) is 0 Å². The van der Waals surface area contributed by atoms with Gasteiger partial charge in [-0.3, -0.25) is 0 Å². The first-order chi connectivity index (χ1) is 7.68. The van der Waals surface area contributed by atoms with Crippen molar-refractivity contribution in [3.8, 4) is 0 Å². The maximum absolute atomic E-state index is 6.37. The minimum Gasteiger partial charge on any atom is -0.327 e. The lowest BCUT2D eigenvalue weighted by Gasteiger charge is -2.23. The smallest absolute Gasteiger partial charge is 0.0110 e. The van der Waals surface area contributed by atoms with E-state index >= 15 is 0 Å². The highest BCUT2D eigenvalue weighted by Gasteiger charge is 2.28. The van der Waals surface area contributed by atoms with Crippen LogP contribution >= 0.6 is 0 Å². The normalized spacial score (nSPS) is 26.9. The van der Waals surface area contributed by atoms with Crippen molar-refractivity contribution in [2.45, 2.75) is 45.6 Å². The summed E-state index contributed by atoms with van der Waals surface area (Å²) in [5, 5.41) is 0. The molecule has 0 bridgehead atoms. The molecule has 88 valence electrons. The molecule has 0 radical (unpaired) electrons. The lowest BCUT2D eigenvalue weighted by Crippen LogP contribution is -2.33. The molecule has 2 rings (SSSR count). The van der Waals surface area contributed by atoms with Gasteiger partial charge in [0.2, 0.25) is 0 Å². The van der Waals surface area contributed by atoms with Gasteiger partial charge in [-0.2, -0.15) is 0 Å². The molecule has 0 aliphatic heterocycles. The molecule has 0 spiro atoms. The zero-order valence-electron chi connectivity index (χ0n) is 10.4. The Labute approximate surface area is 99.0 Å². The van der Waals surface area contributed by atoms with E-state index in [2.05, 4.69) is 38.1 Å². The van der Waals surface area contributed by atoms with E-state index in [1.54, 1.807) is 0 Å². The van der Waals surface area contributed by atoms with Crippen LogP contribution in [0, 0.1) is 18.8 Å². The van der Waals surface area contributed by atoms with Crippen LogP contribution in [0.3, 0.4) is 0 Å². The van der Waals surface area contributed by atoms with Crippen LogP contribution in [-0.2, 0) is 6.42 Å². The average Bonchev–Trinajstić information content (AvgIpc) is 2.68. The third-order valence-electron chi connectivity index (χ3n) is 4.19. The van der Waals surface area contributed by atoms with Crippen molar-refractivity contribution >= 4 is 0 Å². The van der Waals surface area contributed by atoms with Crippen LogP contribution in [0.1, 0.15) is 37.3 Å². The van der Waals surface area contributed by atoms with E-state index < -0.39 is 0 Å². The van der Waals surface area contributed by atoms with Crippen molar-refractivity contribution in [1.29, 1.82) is 0 Å². The Balaban J connectivity index is 2.02. The SMILES string of the molecule is Cc1ccccc1CC(N)C1CCCC1C. The van der Waals surface area contributed by atoms with Crippen LogP contribution in [0.4, 0.5) is 0 Å². The predicted octanol–water partition coefficient (Wildman–Crippen LogP) is 3.30. The molecule has 1 aliphatic rings. The fourth-order valence-electron chi connectivity index (χ4n) is 3.05. The van der Waals surface area contributed by atoms with Gasteiger partial charge in [0.25, 0.3) is 0 Å². The van der Waals surface area contributed by atoms with Crippen LogP contribution in [0.15, 0.2) is 24.3 Å². The highest BCUT2D eigenvalue weighted by molar-refractivity contribution is 5.26. The average molecular weight is 217 g/mol. The number of rotatable bonds is 3. The summed E-state index contributed by atoms with van der Waals surface area (Å²) >= 11 is 0. The largest absolute Gasteiger partial charge is 0.327 e. The summed E-state index contributed by atoms with van der Waals surface area (Å²) < 4.78 is 0. The molecule has 1 aliphatic carbocycles. The van der Waals surface area contributed by atoms with Gasteiger partial charge in [0.15, 0.2) is 0 Å². The quantitative estimate of drug-likeness (QED) is 0.826. The molecule has 0 saturated heterocycles. The fourth-order valence-corrected chi connectivity index (χ4v) is 3.05. The van der Waals surface area contributed by atoms with Crippen molar-refractivity contribution in [3.05, 3.63) is 35.4 Å². The van der Waals surface area contributed by atoms with E-state index in [1.165, 1.54) is 30.4 Å². The lowest BCUT2D eigenvalue weighted by atomic mass is 9.86.